The van der Waals surface area contributed by atoms with Crippen LogP contribution < -0.4 is 10.1 Å². The summed E-state index contributed by atoms with van der Waals surface area (Å²) in [7, 11) is 1.63. The molecule has 2 aliphatic rings. The van der Waals surface area contributed by atoms with Crippen LogP contribution in [0, 0.1) is 5.92 Å². The number of likely N-dealkylation sites (tertiary alicyclic amines) is 2. The Morgan fingerprint density at radius 2 is 1.77 bits per heavy atom. The molecule has 1 N–H and O–H groups in total. The third-order valence-corrected chi connectivity index (χ3v) is 6.28. The second-order valence-corrected chi connectivity index (χ2v) is 8.57. The molecule has 164 valence electrons. The van der Waals surface area contributed by atoms with E-state index in [9.17, 15) is 9.59 Å². The number of piperidine rings is 1. The minimum atomic E-state index is -0.263. The van der Waals surface area contributed by atoms with Gasteiger partial charge in [0.15, 0.2) is 0 Å². The quantitative estimate of drug-likeness (QED) is 0.747. The lowest BCUT2D eigenvalue weighted by Crippen LogP contribution is -2.46. The smallest absolute Gasteiger partial charge is 0.225 e. The lowest BCUT2D eigenvalue weighted by Gasteiger charge is -2.32. The van der Waals surface area contributed by atoms with Gasteiger partial charge in [-0.15, -0.1) is 0 Å². The predicted molar refractivity (Wildman–Crippen MR) is 119 cm³/mol. The summed E-state index contributed by atoms with van der Waals surface area (Å²) in [5, 5.41) is 3.20. The summed E-state index contributed by atoms with van der Waals surface area (Å²) in [5.41, 5.74) is 2.34. The number of rotatable bonds is 7. The van der Waals surface area contributed by atoms with Crippen molar-refractivity contribution < 1.29 is 14.3 Å². The largest absolute Gasteiger partial charge is 0.497 e. The first-order valence-corrected chi connectivity index (χ1v) is 11.1. The molecule has 2 aliphatic heterocycles. The average Bonchev–Trinajstić information content (AvgIpc) is 3.16. The molecule has 2 amide bonds. The Morgan fingerprint density at radius 1 is 1.03 bits per heavy atom. The molecule has 0 aliphatic carbocycles. The summed E-state index contributed by atoms with van der Waals surface area (Å²) >= 11 is 0. The Hall–Kier alpha value is -2.86. The van der Waals surface area contributed by atoms with Crippen molar-refractivity contribution in [3.63, 3.8) is 0 Å². The van der Waals surface area contributed by atoms with E-state index in [2.05, 4.69) is 34.5 Å². The summed E-state index contributed by atoms with van der Waals surface area (Å²) in [6.45, 7) is 3.90. The van der Waals surface area contributed by atoms with Crippen molar-refractivity contribution in [2.45, 2.75) is 38.4 Å². The molecule has 0 radical (unpaired) electrons. The molecule has 0 aromatic heterocycles. The van der Waals surface area contributed by atoms with E-state index in [-0.39, 0.29) is 23.8 Å². The van der Waals surface area contributed by atoms with Crippen molar-refractivity contribution in [3.05, 3.63) is 65.7 Å². The highest BCUT2D eigenvalue weighted by atomic mass is 16.5. The van der Waals surface area contributed by atoms with Gasteiger partial charge in [-0.1, -0.05) is 42.5 Å². The first-order chi connectivity index (χ1) is 15.1. The summed E-state index contributed by atoms with van der Waals surface area (Å²) in [5.74, 6) is 0.571. The number of ether oxygens (including phenoxy) is 1. The maximum absolute atomic E-state index is 12.8. The fourth-order valence-corrected chi connectivity index (χ4v) is 4.49. The van der Waals surface area contributed by atoms with E-state index in [4.69, 9.17) is 4.74 Å². The number of nitrogens with one attached hydrogen (secondary N) is 1. The SMILES string of the molecule is COc1cccc(CN2C[C@H](C(=O)NC3CCN(Cc4ccccc4)CC3)CC2=O)c1. The Labute approximate surface area is 184 Å². The summed E-state index contributed by atoms with van der Waals surface area (Å²) in [6, 6.07) is 18.4. The van der Waals surface area contributed by atoms with E-state index in [0.29, 0.717) is 19.5 Å². The Kier molecular flexibility index (Phi) is 6.87. The van der Waals surface area contributed by atoms with Gasteiger partial charge in [0.1, 0.15) is 5.75 Å². The summed E-state index contributed by atoms with van der Waals surface area (Å²) in [4.78, 5) is 29.5. The zero-order valence-electron chi connectivity index (χ0n) is 18.1. The molecule has 1 atom stereocenters. The average molecular weight is 422 g/mol. The van der Waals surface area contributed by atoms with Crippen LogP contribution in [0.2, 0.25) is 0 Å². The number of methoxy groups -OCH3 is 1. The van der Waals surface area contributed by atoms with Gasteiger partial charge in [0.05, 0.1) is 13.0 Å². The molecule has 2 aromatic carbocycles. The van der Waals surface area contributed by atoms with Crippen LogP contribution in [0.25, 0.3) is 0 Å². The highest BCUT2D eigenvalue weighted by Gasteiger charge is 2.35. The van der Waals surface area contributed by atoms with Crippen molar-refractivity contribution in [1.29, 1.82) is 0 Å². The van der Waals surface area contributed by atoms with E-state index in [1.807, 2.05) is 30.3 Å². The van der Waals surface area contributed by atoms with Gasteiger partial charge in [-0.3, -0.25) is 14.5 Å². The van der Waals surface area contributed by atoms with Crippen LogP contribution in [0.5, 0.6) is 5.75 Å². The van der Waals surface area contributed by atoms with Gasteiger partial charge in [0.25, 0.3) is 0 Å². The van der Waals surface area contributed by atoms with Gasteiger partial charge < -0.3 is 15.0 Å². The third kappa shape index (κ3) is 5.64. The first-order valence-electron chi connectivity index (χ1n) is 11.1. The molecule has 0 saturated carbocycles. The van der Waals surface area contributed by atoms with Gasteiger partial charge in [-0.05, 0) is 36.1 Å². The third-order valence-electron chi connectivity index (χ3n) is 6.28. The minimum Gasteiger partial charge on any atom is -0.497 e. The lowest BCUT2D eigenvalue weighted by molar-refractivity contribution is -0.129. The van der Waals surface area contributed by atoms with Crippen molar-refractivity contribution >= 4 is 11.8 Å². The molecule has 0 spiro atoms. The molecule has 4 rings (SSSR count). The number of nitrogens with zero attached hydrogens (tertiary/aromatic N) is 2. The molecule has 6 nitrogen and oxygen atoms in total. The van der Waals surface area contributed by atoms with Crippen molar-refractivity contribution in [1.82, 2.24) is 15.1 Å². The number of hydrogen-bond donors (Lipinski definition) is 1. The fourth-order valence-electron chi connectivity index (χ4n) is 4.49. The maximum atomic E-state index is 12.8. The van der Waals surface area contributed by atoms with Crippen LogP contribution in [0.1, 0.15) is 30.4 Å². The lowest BCUT2D eigenvalue weighted by atomic mass is 10.0. The molecule has 2 aromatic rings. The number of benzene rings is 2. The second kappa shape index (κ2) is 9.96. The van der Waals surface area contributed by atoms with Crippen molar-refractivity contribution in [2.24, 2.45) is 5.92 Å². The van der Waals surface area contributed by atoms with Crippen LogP contribution in [-0.4, -0.2) is 54.4 Å². The summed E-state index contributed by atoms with van der Waals surface area (Å²) < 4.78 is 5.26. The zero-order chi connectivity index (χ0) is 21.6. The topological polar surface area (TPSA) is 61.9 Å². The van der Waals surface area contributed by atoms with E-state index in [1.54, 1.807) is 12.0 Å². The van der Waals surface area contributed by atoms with E-state index in [0.717, 1.165) is 43.8 Å². The predicted octanol–water partition coefficient (Wildman–Crippen LogP) is 2.82. The Balaban J connectivity index is 1.23. The van der Waals surface area contributed by atoms with Gasteiger partial charge in [0.2, 0.25) is 11.8 Å². The first kappa shape index (κ1) is 21.4. The van der Waals surface area contributed by atoms with Crippen LogP contribution in [-0.2, 0) is 22.7 Å². The molecule has 6 heteroatoms. The van der Waals surface area contributed by atoms with Crippen LogP contribution >= 0.6 is 0 Å². The van der Waals surface area contributed by atoms with Gasteiger partial charge in [0, 0.05) is 45.2 Å². The zero-order valence-corrected chi connectivity index (χ0v) is 18.1. The van der Waals surface area contributed by atoms with Gasteiger partial charge in [-0.2, -0.15) is 0 Å². The van der Waals surface area contributed by atoms with Crippen LogP contribution in [0.3, 0.4) is 0 Å². The fraction of sp³-hybridized carbons (Fsp3) is 0.440. The molecule has 0 bridgehead atoms. The monoisotopic (exact) mass is 421 g/mol. The Morgan fingerprint density at radius 3 is 2.52 bits per heavy atom. The van der Waals surface area contributed by atoms with Crippen molar-refractivity contribution in [3.8, 4) is 5.75 Å². The molecule has 2 saturated heterocycles. The van der Waals surface area contributed by atoms with Gasteiger partial charge in [-0.25, -0.2) is 0 Å². The number of hydrogen-bond acceptors (Lipinski definition) is 4. The number of carbonyl (C=O) groups excluding carboxylic acids is 2. The van der Waals surface area contributed by atoms with Crippen LogP contribution in [0.4, 0.5) is 0 Å². The van der Waals surface area contributed by atoms with E-state index in [1.165, 1.54) is 5.56 Å². The molecule has 2 fully saturated rings. The normalized spacial score (nSPS) is 20.1. The van der Waals surface area contributed by atoms with Crippen LogP contribution in [0.15, 0.2) is 54.6 Å². The Bertz CT molecular complexity index is 894. The van der Waals surface area contributed by atoms with Crippen molar-refractivity contribution in [2.75, 3.05) is 26.7 Å². The molecule has 31 heavy (non-hydrogen) atoms. The minimum absolute atomic E-state index is 0.0167. The highest BCUT2D eigenvalue weighted by Crippen LogP contribution is 2.23. The summed E-state index contributed by atoms with van der Waals surface area (Å²) in [6.07, 6.45) is 2.20. The molecule has 0 unspecified atom stereocenters. The highest BCUT2D eigenvalue weighted by molar-refractivity contribution is 5.89. The maximum Gasteiger partial charge on any atom is 0.225 e. The van der Waals surface area contributed by atoms with E-state index < -0.39 is 0 Å². The number of carbonyl (C=O) groups is 2. The van der Waals surface area contributed by atoms with E-state index >= 15 is 0 Å². The standard InChI is InChI=1S/C25H31N3O3/c1-31-23-9-5-8-20(14-23)17-28-18-21(15-24(28)29)25(30)26-22-10-12-27(13-11-22)16-19-6-3-2-4-7-19/h2-9,14,21-22H,10-13,15-18H2,1H3,(H,26,30)/t21-/m1/s1. The van der Waals surface area contributed by atoms with Gasteiger partial charge >= 0.3 is 0 Å². The molecular weight excluding hydrogens is 390 g/mol. The molecule has 2 heterocycles. The number of amides is 2. The second-order valence-electron chi connectivity index (χ2n) is 8.57. The molecular formula is C25H31N3O3.